The van der Waals surface area contributed by atoms with Gasteiger partial charge in [0, 0.05) is 49.8 Å². The molecule has 23 heavy (non-hydrogen) atoms. The minimum Gasteiger partial charge on any atom is -0.350 e. The van der Waals surface area contributed by atoms with E-state index in [0.29, 0.717) is 6.04 Å². The van der Waals surface area contributed by atoms with Gasteiger partial charge in [-0.05, 0) is 42.7 Å². The molecule has 0 saturated carbocycles. The van der Waals surface area contributed by atoms with E-state index in [1.54, 1.807) is 0 Å². The molecular weight excluding hydrogens is 303 g/mol. The van der Waals surface area contributed by atoms with Crippen molar-refractivity contribution < 1.29 is 13.2 Å². The minimum absolute atomic E-state index is 0.226. The van der Waals surface area contributed by atoms with Gasteiger partial charge < -0.3 is 9.88 Å². The van der Waals surface area contributed by atoms with Crippen LogP contribution in [-0.4, -0.2) is 28.2 Å². The molecule has 0 saturated heterocycles. The first-order valence-electron chi connectivity index (χ1n) is 7.86. The van der Waals surface area contributed by atoms with Crippen molar-refractivity contribution in [1.29, 1.82) is 0 Å². The average Bonchev–Trinajstić information content (AvgIpc) is 2.98. The predicted octanol–water partition coefficient (Wildman–Crippen LogP) is 3.55. The first-order valence-corrected chi connectivity index (χ1v) is 7.86. The maximum absolute atomic E-state index is 12.3. The minimum atomic E-state index is -4.18. The monoisotopic (exact) mass is 325 g/mol. The zero-order valence-corrected chi connectivity index (χ0v) is 13.7. The van der Waals surface area contributed by atoms with Crippen molar-refractivity contribution in [3.05, 3.63) is 35.0 Å². The molecule has 2 heterocycles. The van der Waals surface area contributed by atoms with E-state index in [-0.39, 0.29) is 6.54 Å². The number of aryl methyl sites for hydroxylation is 1. The van der Waals surface area contributed by atoms with Crippen LogP contribution in [0.25, 0.3) is 10.9 Å². The number of halogens is 3. The molecule has 2 aromatic rings. The van der Waals surface area contributed by atoms with Crippen molar-refractivity contribution in [2.24, 2.45) is 7.05 Å². The van der Waals surface area contributed by atoms with Crippen LogP contribution in [0.3, 0.4) is 0 Å². The first kappa shape index (κ1) is 16.3. The van der Waals surface area contributed by atoms with Crippen LogP contribution in [0.5, 0.6) is 0 Å². The second kappa shape index (κ2) is 5.83. The van der Waals surface area contributed by atoms with Crippen LogP contribution in [0.2, 0.25) is 0 Å². The fourth-order valence-electron chi connectivity index (χ4n) is 3.23. The molecule has 0 fully saturated rings. The van der Waals surface area contributed by atoms with Crippen LogP contribution in [0.15, 0.2) is 18.3 Å². The number of fused-ring (bicyclic) bond motifs is 2. The maximum Gasteiger partial charge on any atom is 0.401 e. The van der Waals surface area contributed by atoms with Crippen molar-refractivity contribution in [1.82, 2.24) is 14.8 Å². The summed E-state index contributed by atoms with van der Waals surface area (Å²) < 4.78 is 38.9. The molecule has 0 atom stereocenters. The van der Waals surface area contributed by atoms with Gasteiger partial charge in [-0.2, -0.15) is 13.2 Å². The Kier molecular flexibility index (Phi) is 4.14. The van der Waals surface area contributed by atoms with E-state index < -0.39 is 12.7 Å². The number of hydrogen-bond acceptors (Lipinski definition) is 2. The van der Waals surface area contributed by atoms with Crippen molar-refractivity contribution in [3.8, 4) is 0 Å². The van der Waals surface area contributed by atoms with Gasteiger partial charge in [0.1, 0.15) is 0 Å². The van der Waals surface area contributed by atoms with Gasteiger partial charge >= 0.3 is 6.18 Å². The Morgan fingerprint density at radius 1 is 1.17 bits per heavy atom. The molecule has 126 valence electrons. The Morgan fingerprint density at radius 3 is 2.43 bits per heavy atom. The summed E-state index contributed by atoms with van der Waals surface area (Å²) in [7, 11) is 1.94. The molecule has 1 N–H and O–H groups in total. The molecule has 0 amide bonds. The summed E-state index contributed by atoms with van der Waals surface area (Å²) >= 11 is 0. The van der Waals surface area contributed by atoms with E-state index in [9.17, 15) is 13.2 Å². The maximum atomic E-state index is 12.3. The third-order valence-corrected chi connectivity index (χ3v) is 4.51. The Labute approximate surface area is 134 Å². The predicted molar refractivity (Wildman–Crippen MR) is 85.1 cm³/mol. The van der Waals surface area contributed by atoms with Gasteiger partial charge in [-0.1, -0.05) is 0 Å². The van der Waals surface area contributed by atoms with Crippen LogP contribution in [0.4, 0.5) is 13.2 Å². The van der Waals surface area contributed by atoms with Gasteiger partial charge in [0.15, 0.2) is 0 Å². The van der Waals surface area contributed by atoms with Crippen molar-refractivity contribution in [2.45, 2.75) is 45.7 Å². The van der Waals surface area contributed by atoms with Crippen LogP contribution >= 0.6 is 0 Å². The highest BCUT2D eigenvalue weighted by atomic mass is 19.4. The molecule has 0 aliphatic carbocycles. The van der Waals surface area contributed by atoms with E-state index in [2.05, 4.69) is 36.2 Å². The Morgan fingerprint density at radius 2 is 1.83 bits per heavy atom. The molecular formula is C17H22F3N3. The quantitative estimate of drug-likeness (QED) is 0.928. The largest absolute Gasteiger partial charge is 0.401 e. The summed E-state index contributed by atoms with van der Waals surface area (Å²) in [6.45, 7) is 5.47. The fourth-order valence-corrected chi connectivity index (χ4v) is 3.23. The summed E-state index contributed by atoms with van der Waals surface area (Å²) in [4.78, 5) is 2.39. The first-order chi connectivity index (χ1) is 10.7. The second-order valence-corrected chi connectivity index (χ2v) is 6.62. The number of alkyl halides is 3. The number of nitrogens with zero attached hydrogens (tertiary/aromatic N) is 2. The molecule has 1 aliphatic rings. The zero-order chi connectivity index (χ0) is 16.8. The fraction of sp³-hybridized carbons (Fsp3) is 0.529. The smallest absolute Gasteiger partial charge is 0.350 e. The molecule has 3 rings (SSSR count). The van der Waals surface area contributed by atoms with Gasteiger partial charge in [0.2, 0.25) is 0 Å². The number of hydrogen-bond donors (Lipinski definition) is 1. The molecule has 0 unspecified atom stereocenters. The lowest BCUT2D eigenvalue weighted by atomic mass is 10.1. The zero-order valence-electron chi connectivity index (χ0n) is 13.7. The lowest BCUT2D eigenvalue weighted by molar-refractivity contribution is -0.125. The Hall–Kier alpha value is -1.53. The molecule has 0 radical (unpaired) electrons. The molecule has 6 heteroatoms. The third-order valence-electron chi connectivity index (χ3n) is 4.51. The van der Waals surface area contributed by atoms with Gasteiger partial charge in [0.25, 0.3) is 0 Å². The van der Waals surface area contributed by atoms with E-state index in [1.807, 2.05) is 17.8 Å². The number of aromatic nitrogens is 1. The highest BCUT2D eigenvalue weighted by Crippen LogP contribution is 2.31. The van der Waals surface area contributed by atoms with Crippen LogP contribution in [-0.2, 0) is 26.7 Å². The summed E-state index contributed by atoms with van der Waals surface area (Å²) in [6.07, 6.45) is -2.26. The molecule has 1 aromatic carbocycles. The lowest BCUT2D eigenvalue weighted by Crippen LogP contribution is -2.28. The highest BCUT2D eigenvalue weighted by Gasteiger charge is 2.27. The lowest BCUT2D eigenvalue weighted by Gasteiger charge is -2.18. The third kappa shape index (κ3) is 3.38. The second-order valence-electron chi connectivity index (χ2n) is 6.62. The Bertz CT molecular complexity index is 716. The number of nitrogens with one attached hydrogen (secondary N) is 1. The Balaban J connectivity index is 1.86. The SMILES string of the molecule is CC(C)N1Cc2cc3c(CNCC(F)(F)F)cn(C)c3cc2C1. The molecule has 0 spiro atoms. The normalized spacial score (nSPS) is 15.8. The number of benzene rings is 1. The number of rotatable bonds is 4. The van der Waals surface area contributed by atoms with Crippen molar-refractivity contribution >= 4 is 10.9 Å². The van der Waals surface area contributed by atoms with E-state index in [4.69, 9.17) is 0 Å². The summed E-state index contributed by atoms with van der Waals surface area (Å²) in [5.74, 6) is 0. The van der Waals surface area contributed by atoms with Crippen molar-refractivity contribution in [3.63, 3.8) is 0 Å². The van der Waals surface area contributed by atoms with Gasteiger partial charge in [-0.15, -0.1) is 0 Å². The van der Waals surface area contributed by atoms with Crippen LogP contribution in [0.1, 0.15) is 30.5 Å². The molecule has 3 nitrogen and oxygen atoms in total. The van der Waals surface area contributed by atoms with E-state index >= 15 is 0 Å². The molecule has 1 aromatic heterocycles. The van der Waals surface area contributed by atoms with Crippen LogP contribution in [0, 0.1) is 0 Å². The van der Waals surface area contributed by atoms with Gasteiger partial charge in [-0.25, -0.2) is 0 Å². The summed E-state index contributed by atoms with van der Waals surface area (Å²) in [5.41, 5.74) is 4.60. The summed E-state index contributed by atoms with van der Waals surface area (Å²) in [5, 5.41) is 3.54. The molecule has 0 bridgehead atoms. The topological polar surface area (TPSA) is 20.2 Å². The molecule has 1 aliphatic heterocycles. The average molecular weight is 325 g/mol. The highest BCUT2D eigenvalue weighted by molar-refractivity contribution is 5.85. The van der Waals surface area contributed by atoms with Crippen LogP contribution < -0.4 is 5.32 Å². The van der Waals surface area contributed by atoms with E-state index in [0.717, 1.165) is 29.6 Å². The van der Waals surface area contributed by atoms with E-state index in [1.165, 1.54) is 11.1 Å². The van der Waals surface area contributed by atoms with Gasteiger partial charge in [0.05, 0.1) is 6.54 Å². The standard InChI is InChI=1S/C17H22F3N3/c1-11(2)23-8-12-4-15-14(6-21-10-17(18,19)20)7-22(3)16(15)5-13(12)9-23/h4-5,7,11,21H,6,8-10H2,1-3H3. The van der Waals surface area contributed by atoms with Crippen molar-refractivity contribution in [2.75, 3.05) is 6.54 Å². The summed E-state index contributed by atoms with van der Waals surface area (Å²) in [6, 6.07) is 4.82. The van der Waals surface area contributed by atoms with Gasteiger partial charge in [-0.3, -0.25) is 4.90 Å².